The highest BCUT2D eigenvalue weighted by atomic mass is 16.5. The van der Waals surface area contributed by atoms with Crippen LogP contribution in [-0.2, 0) is 20.9 Å². The Kier molecular flexibility index (Phi) is 5.84. The first-order valence-corrected chi connectivity index (χ1v) is 9.95. The number of hydrogen-bond donors (Lipinski definition) is 1. The third-order valence-electron chi connectivity index (χ3n) is 5.32. The van der Waals surface area contributed by atoms with E-state index in [4.69, 9.17) is 4.74 Å². The minimum atomic E-state index is -0.604. The van der Waals surface area contributed by atoms with Crippen molar-refractivity contribution in [1.82, 2.24) is 15.2 Å². The Labute approximate surface area is 161 Å². The first-order chi connectivity index (χ1) is 12.8. The minimum Gasteiger partial charge on any atom is -0.353 e. The molecule has 27 heavy (non-hydrogen) atoms. The number of aromatic nitrogens is 1. The van der Waals surface area contributed by atoms with Gasteiger partial charge in [0.1, 0.15) is 11.8 Å². The summed E-state index contributed by atoms with van der Waals surface area (Å²) in [5.41, 5.74) is 0.0580. The van der Waals surface area contributed by atoms with Crippen molar-refractivity contribution in [2.24, 2.45) is 5.41 Å². The number of rotatable bonds is 4. The fourth-order valence-electron chi connectivity index (χ4n) is 4.08. The van der Waals surface area contributed by atoms with Crippen LogP contribution >= 0.6 is 0 Å². The second kappa shape index (κ2) is 7.97. The number of amides is 2. The van der Waals surface area contributed by atoms with Gasteiger partial charge in [-0.05, 0) is 43.2 Å². The van der Waals surface area contributed by atoms with Crippen LogP contribution in [0.15, 0.2) is 24.4 Å². The molecule has 0 bridgehead atoms. The highest BCUT2D eigenvalue weighted by Crippen LogP contribution is 2.41. The van der Waals surface area contributed by atoms with Crippen molar-refractivity contribution < 1.29 is 14.3 Å². The summed E-state index contributed by atoms with van der Waals surface area (Å²) in [7, 11) is 0. The normalized spacial score (nSPS) is 22.0. The maximum atomic E-state index is 13.2. The number of ether oxygens (including phenoxy) is 1. The monoisotopic (exact) mass is 373 g/mol. The molecule has 6 heteroatoms. The zero-order chi connectivity index (χ0) is 19.5. The van der Waals surface area contributed by atoms with Crippen LogP contribution in [-0.4, -0.2) is 40.1 Å². The molecule has 3 rings (SSSR count). The number of carbonyl (C=O) groups excluding carboxylic acids is 2. The van der Waals surface area contributed by atoms with E-state index in [1.54, 1.807) is 11.1 Å². The molecule has 0 radical (unpaired) electrons. The van der Waals surface area contributed by atoms with Crippen LogP contribution in [0.1, 0.15) is 65.0 Å². The topological polar surface area (TPSA) is 71.5 Å². The number of pyridine rings is 1. The Morgan fingerprint density at radius 2 is 2.00 bits per heavy atom. The molecule has 1 unspecified atom stereocenters. The van der Waals surface area contributed by atoms with Gasteiger partial charge < -0.3 is 10.1 Å². The maximum Gasteiger partial charge on any atom is 0.245 e. The maximum absolute atomic E-state index is 13.2. The Morgan fingerprint density at radius 3 is 2.63 bits per heavy atom. The molecule has 1 atom stereocenters. The van der Waals surface area contributed by atoms with Gasteiger partial charge in [0.25, 0.3) is 0 Å². The molecule has 148 valence electrons. The van der Waals surface area contributed by atoms with E-state index < -0.39 is 11.8 Å². The van der Waals surface area contributed by atoms with Crippen LogP contribution in [0, 0.1) is 5.41 Å². The zero-order valence-electron chi connectivity index (χ0n) is 16.7. The average molecular weight is 373 g/mol. The molecule has 1 saturated carbocycles. The minimum absolute atomic E-state index is 0.0138. The van der Waals surface area contributed by atoms with Crippen LogP contribution in [0.4, 0.5) is 0 Å². The lowest BCUT2D eigenvalue weighted by atomic mass is 9.87. The van der Waals surface area contributed by atoms with Gasteiger partial charge >= 0.3 is 0 Å². The summed E-state index contributed by atoms with van der Waals surface area (Å²) in [5, 5.41) is 2.94. The molecule has 2 amide bonds. The summed E-state index contributed by atoms with van der Waals surface area (Å²) in [6.07, 6.45) is 6.95. The van der Waals surface area contributed by atoms with Crippen molar-refractivity contribution in [1.29, 1.82) is 0 Å². The van der Waals surface area contributed by atoms with Gasteiger partial charge in [0, 0.05) is 12.6 Å². The van der Waals surface area contributed by atoms with Crippen LogP contribution < -0.4 is 5.32 Å². The number of nitrogens with zero attached hydrogens (tertiary/aromatic N) is 2. The van der Waals surface area contributed by atoms with E-state index in [0.29, 0.717) is 13.0 Å². The predicted molar refractivity (Wildman–Crippen MR) is 103 cm³/mol. The van der Waals surface area contributed by atoms with Crippen molar-refractivity contribution in [2.75, 3.05) is 6.61 Å². The van der Waals surface area contributed by atoms with Gasteiger partial charge in [-0.15, -0.1) is 0 Å². The van der Waals surface area contributed by atoms with Gasteiger partial charge in [-0.2, -0.15) is 0 Å². The smallest absolute Gasteiger partial charge is 0.245 e. The van der Waals surface area contributed by atoms with E-state index in [9.17, 15) is 9.59 Å². The van der Waals surface area contributed by atoms with E-state index in [2.05, 4.69) is 10.3 Å². The molecular weight excluding hydrogens is 342 g/mol. The van der Waals surface area contributed by atoms with E-state index in [1.165, 1.54) is 0 Å². The number of nitrogens with one attached hydrogen (secondary N) is 1. The standard InChI is InChI=1S/C21H31N3O3/c1-20(2,3)13-18(25)24-17(15-27-21(24)10-6-4-7-11-21)19(26)23-14-16-9-5-8-12-22-16/h5,8-9,12,17H,4,6-7,10-11,13-15H2,1-3H3,(H,23,26). The van der Waals surface area contributed by atoms with Crippen LogP contribution in [0.5, 0.6) is 0 Å². The average Bonchev–Trinajstić information content (AvgIpc) is 2.98. The molecule has 1 aliphatic carbocycles. The Bertz CT molecular complexity index is 663. The van der Waals surface area contributed by atoms with E-state index in [-0.39, 0.29) is 23.8 Å². The van der Waals surface area contributed by atoms with Crippen LogP contribution in [0.2, 0.25) is 0 Å². The molecule has 2 fully saturated rings. The van der Waals surface area contributed by atoms with Gasteiger partial charge in [0.2, 0.25) is 11.8 Å². The highest BCUT2D eigenvalue weighted by molar-refractivity contribution is 5.89. The lowest BCUT2D eigenvalue weighted by molar-refractivity contribution is -0.161. The Balaban J connectivity index is 1.75. The Morgan fingerprint density at radius 1 is 1.26 bits per heavy atom. The number of carbonyl (C=O) groups is 2. The first kappa shape index (κ1) is 19.8. The lowest BCUT2D eigenvalue weighted by Gasteiger charge is -2.42. The molecule has 1 aromatic heterocycles. The summed E-state index contributed by atoms with van der Waals surface area (Å²) in [6, 6.07) is 5.04. The summed E-state index contributed by atoms with van der Waals surface area (Å²) in [5.74, 6) is -0.148. The van der Waals surface area contributed by atoms with E-state index in [1.807, 2.05) is 39.0 Å². The van der Waals surface area contributed by atoms with Gasteiger partial charge in [-0.3, -0.25) is 19.5 Å². The largest absolute Gasteiger partial charge is 0.353 e. The fourth-order valence-corrected chi connectivity index (χ4v) is 4.08. The van der Waals surface area contributed by atoms with Gasteiger partial charge in [-0.1, -0.05) is 33.3 Å². The van der Waals surface area contributed by atoms with Crippen LogP contribution in [0.25, 0.3) is 0 Å². The molecule has 2 aliphatic rings. The molecule has 1 aromatic rings. The highest BCUT2D eigenvalue weighted by Gasteiger charge is 2.52. The summed E-state index contributed by atoms with van der Waals surface area (Å²) in [4.78, 5) is 32.1. The van der Waals surface area contributed by atoms with Crippen molar-refractivity contribution in [3.63, 3.8) is 0 Å². The van der Waals surface area contributed by atoms with E-state index >= 15 is 0 Å². The number of hydrogen-bond acceptors (Lipinski definition) is 4. The molecule has 1 saturated heterocycles. The van der Waals surface area contributed by atoms with Crippen molar-refractivity contribution >= 4 is 11.8 Å². The molecule has 1 N–H and O–H groups in total. The fraction of sp³-hybridized carbons (Fsp3) is 0.667. The molecule has 1 spiro atoms. The Hall–Kier alpha value is -1.95. The predicted octanol–water partition coefficient (Wildman–Crippen LogP) is 3.02. The second-order valence-corrected chi connectivity index (χ2v) is 8.87. The lowest BCUT2D eigenvalue weighted by Crippen LogP contribution is -2.56. The SMILES string of the molecule is CC(C)(C)CC(=O)N1C(C(=O)NCc2ccccn2)COC12CCCCC2. The van der Waals surface area contributed by atoms with Gasteiger partial charge in [-0.25, -0.2) is 0 Å². The molecule has 2 heterocycles. The molecule has 0 aromatic carbocycles. The van der Waals surface area contributed by atoms with Gasteiger partial charge in [0.15, 0.2) is 0 Å². The van der Waals surface area contributed by atoms with Crippen molar-refractivity contribution in [3.8, 4) is 0 Å². The summed E-state index contributed by atoms with van der Waals surface area (Å²) >= 11 is 0. The molecule has 1 aliphatic heterocycles. The quantitative estimate of drug-likeness (QED) is 0.881. The summed E-state index contributed by atoms with van der Waals surface area (Å²) in [6.45, 7) is 6.76. The van der Waals surface area contributed by atoms with E-state index in [0.717, 1.165) is 37.8 Å². The van der Waals surface area contributed by atoms with Gasteiger partial charge in [0.05, 0.1) is 18.8 Å². The third kappa shape index (κ3) is 4.67. The van der Waals surface area contributed by atoms with Crippen molar-refractivity contribution in [3.05, 3.63) is 30.1 Å². The molecule has 6 nitrogen and oxygen atoms in total. The third-order valence-corrected chi connectivity index (χ3v) is 5.32. The van der Waals surface area contributed by atoms with Crippen molar-refractivity contribution in [2.45, 2.75) is 77.6 Å². The molecular formula is C21H31N3O3. The first-order valence-electron chi connectivity index (χ1n) is 9.95. The summed E-state index contributed by atoms with van der Waals surface area (Å²) < 4.78 is 6.14. The second-order valence-electron chi connectivity index (χ2n) is 8.87. The zero-order valence-corrected chi connectivity index (χ0v) is 16.7. The van der Waals surface area contributed by atoms with Crippen LogP contribution in [0.3, 0.4) is 0 Å².